The van der Waals surface area contributed by atoms with Crippen molar-refractivity contribution in [2.24, 2.45) is 0 Å². The number of hydrogen-bond acceptors (Lipinski definition) is 5. The molecule has 0 fully saturated rings. The zero-order chi connectivity index (χ0) is 23.6. The van der Waals surface area contributed by atoms with Gasteiger partial charge in [-0.15, -0.1) is 12.4 Å². The van der Waals surface area contributed by atoms with Gasteiger partial charge in [-0.1, -0.05) is 60.7 Å². The average molecular weight is 482 g/mol. The molecule has 3 aromatic rings. The molecule has 0 aliphatic carbocycles. The van der Waals surface area contributed by atoms with Crippen molar-refractivity contribution in [3.8, 4) is 0 Å². The van der Waals surface area contributed by atoms with Crippen LogP contribution in [0.25, 0.3) is 0 Å². The van der Waals surface area contributed by atoms with Crippen LogP contribution in [0.1, 0.15) is 21.5 Å². The third-order valence-electron chi connectivity index (χ3n) is 5.16. The first kappa shape index (κ1) is 26.4. The van der Waals surface area contributed by atoms with Crippen molar-refractivity contribution >= 4 is 35.9 Å². The number of esters is 1. The van der Waals surface area contributed by atoms with E-state index in [9.17, 15) is 14.4 Å². The van der Waals surface area contributed by atoms with E-state index >= 15 is 0 Å². The number of benzene rings is 3. The summed E-state index contributed by atoms with van der Waals surface area (Å²) in [6, 6.07) is 23.2. The number of nitrogens with one attached hydrogen (secondary N) is 2. The molecule has 8 heteroatoms. The largest absolute Gasteiger partial charge is 0.467 e. The normalized spacial score (nSPS) is 11.9. The Labute approximate surface area is 205 Å². The summed E-state index contributed by atoms with van der Waals surface area (Å²) in [6.45, 7) is 0. The van der Waals surface area contributed by atoms with E-state index in [1.54, 1.807) is 48.5 Å². The van der Waals surface area contributed by atoms with Gasteiger partial charge in [0.2, 0.25) is 5.91 Å². The second kappa shape index (κ2) is 13.0. The topological polar surface area (TPSA) is 111 Å². The van der Waals surface area contributed by atoms with Crippen molar-refractivity contribution in [3.05, 3.63) is 102 Å². The highest BCUT2D eigenvalue weighted by Crippen LogP contribution is 2.11. The van der Waals surface area contributed by atoms with Gasteiger partial charge in [-0.2, -0.15) is 0 Å². The van der Waals surface area contributed by atoms with Crippen LogP contribution in [0.5, 0.6) is 0 Å². The first-order chi connectivity index (χ1) is 16.0. The lowest BCUT2D eigenvalue weighted by Gasteiger charge is -2.22. The Bertz CT molecular complexity index is 1080. The summed E-state index contributed by atoms with van der Waals surface area (Å²) in [5.41, 5.74) is 8.46. The molecule has 0 aromatic heterocycles. The molecular formula is C26H28ClN3O4. The minimum absolute atomic E-state index is 0. The van der Waals surface area contributed by atoms with Crippen LogP contribution in [0.2, 0.25) is 0 Å². The maximum Gasteiger partial charge on any atom is 0.328 e. The fourth-order valence-corrected chi connectivity index (χ4v) is 3.39. The minimum atomic E-state index is -0.918. The van der Waals surface area contributed by atoms with E-state index in [1.165, 1.54) is 7.11 Å². The summed E-state index contributed by atoms with van der Waals surface area (Å²) < 4.78 is 4.89. The Morgan fingerprint density at radius 2 is 1.29 bits per heavy atom. The second-order valence-corrected chi connectivity index (χ2v) is 7.61. The van der Waals surface area contributed by atoms with Crippen LogP contribution in [0.4, 0.5) is 5.69 Å². The standard InChI is InChI=1S/C26H27N3O4.ClH/c1-33-26(32)23(17-19-12-14-21(27)15-13-19)29-25(31)22(16-18-8-4-2-5-9-18)28-24(30)20-10-6-3-7-11-20;/h2-15,22-23H,16-17,27H2,1H3,(H,28,30)(H,29,31);1H/t22-,23-;/m0./s1. The van der Waals surface area contributed by atoms with Gasteiger partial charge in [0.15, 0.2) is 0 Å². The van der Waals surface area contributed by atoms with Crippen molar-refractivity contribution in [3.63, 3.8) is 0 Å². The van der Waals surface area contributed by atoms with Crippen molar-refractivity contribution in [2.75, 3.05) is 12.8 Å². The van der Waals surface area contributed by atoms with E-state index in [1.807, 2.05) is 36.4 Å². The lowest BCUT2D eigenvalue weighted by Crippen LogP contribution is -2.53. The molecule has 0 heterocycles. The molecule has 3 aromatic carbocycles. The van der Waals surface area contributed by atoms with E-state index in [-0.39, 0.29) is 31.2 Å². The molecule has 0 aliphatic rings. The van der Waals surface area contributed by atoms with Crippen molar-refractivity contribution in [2.45, 2.75) is 24.9 Å². The molecule has 2 amide bonds. The number of carbonyl (C=O) groups excluding carboxylic acids is 3. The van der Waals surface area contributed by atoms with Gasteiger partial charge in [-0.25, -0.2) is 4.79 Å². The smallest absolute Gasteiger partial charge is 0.328 e. The maximum absolute atomic E-state index is 13.2. The lowest BCUT2D eigenvalue weighted by atomic mass is 10.0. The Balaban J connectivity index is 0.00000408. The van der Waals surface area contributed by atoms with Crippen LogP contribution >= 0.6 is 12.4 Å². The molecular weight excluding hydrogens is 454 g/mol. The summed E-state index contributed by atoms with van der Waals surface area (Å²) in [4.78, 5) is 38.4. The third-order valence-corrected chi connectivity index (χ3v) is 5.16. The zero-order valence-corrected chi connectivity index (χ0v) is 19.6. The molecule has 7 nitrogen and oxygen atoms in total. The molecule has 178 valence electrons. The van der Waals surface area contributed by atoms with E-state index in [2.05, 4.69) is 10.6 Å². The number of methoxy groups -OCH3 is 1. The number of anilines is 1. The number of halogens is 1. The highest BCUT2D eigenvalue weighted by atomic mass is 35.5. The van der Waals surface area contributed by atoms with E-state index in [4.69, 9.17) is 10.5 Å². The SMILES string of the molecule is COC(=O)[C@H](Cc1ccc(N)cc1)NC(=O)[C@H](Cc1ccccc1)NC(=O)c1ccccc1.Cl. The fourth-order valence-electron chi connectivity index (χ4n) is 3.39. The van der Waals surface area contributed by atoms with Crippen LogP contribution in [-0.4, -0.2) is 37.0 Å². The van der Waals surface area contributed by atoms with Gasteiger partial charge < -0.3 is 21.1 Å². The predicted molar refractivity (Wildman–Crippen MR) is 134 cm³/mol. The monoisotopic (exact) mass is 481 g/mol. The van der Waals surface area contributed by atoms with Crippen LogP contribution in [0.15, 0.2) is 84.9 Å². The number of hydrogen-bond donors (Lipinski definition) is 3. The highest BCUT2D eigenvalue weighted by molar-refractivity contribution is 5.98. The first-order valence-corrected chi connectivity index (χ1v) is 10.6. The summed E-state index contributed by atoms with van der Waals surface area (Å²) in [5, 5.41) is 5.54. The summed E-state index contributed by atoms with van der Waals surface area (Å²) in [5.74, 6) is -1.43. The Hall–Kier alpha value is -3.84. The summed E-state index contributed by atoms with van der Waals surface area (Å²) in [6.07, 6.45) is 0.490. The maximum atomic E-state index is 13.2. The average Bonchev–Trinajstić information content (AvgIpc) is 2.85. The van der Waals surface area contributed by atoms with Gasteiger partial charge in [0.1, 0.15) is 12.1 Å². The molecule has 0 unspecified atom stereocenters. The molecule has 0 spiro atoms. The second-order valence-electron chi connectivity index (χ2n) is 7.61. The summed E-state index contributed by atoms with van der Waals surface area (Å²) in [7, 11) is 1.27. The Morgan fingerprint density at radius 3 is 1.88 bits per heavy atom. The molecule has 0 saturated heterocycles. The van der Waals surface area contributed by atoms with Crippen molar-refractivity contribution in [1.29, 1.82) is 0 Å². The number of nitrogens with two attached hydrogens (primary N) is 1. The molecule has 3 rings (SSSR count). The molecule has 0 radical (unpaired) electrons. The lowest BCUT2D eigenvalue weighted by molar-refractivity contribution is -0.145. The van der Waals surface area contributed by atoms with Crippen molar-refractivity contribution < 1.29 is 19.1 Å². The molecule has 0 saturated carbocycles. The van der Waals surface area contributed by atoms with E-state index in [0.29, 0.717) is 11.3 Å². The van der Waals surface area contributed by atoms with E-state index in [0.717, 1.165) is 11.1 Å². The van der Waals surface area contributed by atoms with Crippen molar-refractivity contribution in [1.82, 2.24) is 10.6 Å². The van der Waals surface area contributed by atoms with Gasteiger partial charge in [0.05, 0.1) is 7.11 Å². The molecule has 2 atom stereocenters. The zero-order valence-electron chi connectivity index (χ0n) is 18.8. The number of carbonyl (C=O) groups is 3. The predicted octanol–water partition coefficient (Wildman–Crippen LogP) is 2.93. The third kappa shape index (κ3) is 7.64. The summed E-state index contributed by atoms with van der Waals surface area (Å²) >= 11 is 0. The van der Waals surface area contributed by atoms with Gasteiger partial charge >= 0.3 is 5.97 Å². The highest BCUT2D eigenvalue weighted by Gasteiger charge is 2.28. The van der Waals surface area contributed by atoms with Crippen LogP contribution in [0.3, 0.4) is 0 Å². The minimum Gasteiger partial charge on any atom is -0.467 e. The van der Waals surface area contributed by atoms with Gasteiger partial charge in [-0.05, 0) is 35.4 Å². The number of ether oxygens (including phenoxy) is 1. The first-order valence-electron chi connectivity index (χ1n) is 10.6. The quantitative estimate of drug-likeness (QED) is 0.321. The van der Waals surface area contributed by atoms with Crippen LogP contribution < -0.4 is 16.4 Å². The number of amides is 2. The molecule has 0 aliphatic heterocycles. The van der Waals surface area contributed by atoms with Crippen LogP contribution in [-0.2, 0) is 27.2 Å². The van der Waals surface area contributed by atoms with Gasteiger partial charge in [0.25, 0.3) is 5.91 Å². The van der Waals surface area contributed by atoms with Gasteiger partial charge in [-0.3, -0.25) is 9.59 Å². The van der Waals surface area contributed by atoms with Gasteiger partial charge in [0, 0.05) is 24.1 Å². The Morgan fingerprint density at radius 1 is 0.765 bits per heavy atom. The number of nitrogen functional groups attached to an aromatic ring is 1. The molecule has 34 heavy (non-hydrogen) atoms. The Kier molecular flexibility index (Phi) is 10.1. The molecule has 4 N–H and O–H groups in total. The molecule has 0 bridgehead atoms. The number of rotatable bonds is 9. The van der Waals surface area contributed by atoms with Crippen LogP contribution in [0, 0.1) is 0 Å². The van der Waals surface area contributed by atoms with E-state index < -0.39 is 24.0 Å². The fraction of sp³-hybridized carbons (Fsp3) is 0.192.